The summed E-state index contributed by atoms with van der Waals surface area (Å²) < 4.78 is 38.8. The fraction of sp³-hybridized carbons (Fsp3) is 0.143. The smallest absolute Gasteiger partial charge is 0.354 e. The van der Waals surface area contributed by atoms with Gasteiger partial charge in [-0.3, -0.25) is 0 Å². The van der Waals surface area contributed by atoms with E-state index in [1.807, 2.05) is 37.3 Å². The maximum absolute atomic E-state index is 12.9. The van der Waals surface area contributed by atoms with Gasteiger partial charge < -0.3 is 5.32 Å². The average Bonchev–Trinajstić information content (AvgIpc) is 2.64. The summed E-state index contributed by atoms with van der Waals surface area (Å²) >= 11 is 7.58. The van der Waals surface area contributed by atoms with Crippen molar-refractivity contribution in [1.82, 2.24) is 0 Å². The van der Waals surface area contributed by atoms with E-state index in [4.69, 9.17) is 11.6 Å². The van der Waals surface area contributed by atoms with Gasteiger partial charge in [0, 0.05) is 15.7 Å². The topological polar surface area (TPSA) is 12.0 Å². The number of hydrogen-bond donors (Lipinski definition) is 1. The minimum absolute atomic E-state index is 0.0842. The van der Waals surface area contributed by atoms with Crippen LogP contribution in [-0.2, 0) is 6.18 Å². The van der Waals surface area contributed by atoms with Gasteiger partial charge >= 0.3 is 6.18 Å². The summed E-state index contributed by atoms with van der Waals surface area (Å²) in [6.07, 6.45) is -4.45. The van der Waals surface area contributed by atoms with Gasteiger partial charge in [-0.15, -0.1) is 0 Å². The van der Waals surface area contributed by atoms with E-state index in [0.29, 0.717) is 0 Å². The summed E-state index contributed by atoms with van der Waals surface area (Å²) in [5, 5.41) is 3.16. The third kappa shape index (κ3) is 3.54. The van der Waals surface area contributed by atoms with Crippen LogP contribution in [0.5, 0.6) is 0 Å². The zero-order chi connectivity index (χ0) is 19.2. The number of fused-ring (bicyclic) bond motifs is 2. The average molecular weight is 406 g/mol. The summed E-state index contributed by atoms with van der Waals surface area (Å²) in [5.74, 6) is -0.0842. The molecule has 0 bridgehead atoms. The summed E-state index contributed by atoms with van der Waals surface area (Å²) in [5.41, 5.74) is 3.01. The second-order valence-electron chi connectivity index (χ2n) is 6.44. The number of benzene rings is 3. The Labute approximate surface area is 164 Å². The van der Waals surface area contributed by atoms with Crippen LogP contribution in [0.15, 0.2) is 70.5 Å². The van der Waals surface area contributed by atoms with Gasteiger partial charge in [-0.1, -0.05) is 54.6 Å². The lowest BCUT2D eigenvalue weighted by Crippen LogP contribution is -2.07. The standard InChI is InChI=1S/C21H15ClF3NS/c1-12(13-6-8-15(16(22)10-13)21(23,24)25)14-7-9-20-18(11-14)26-17-4-2-3-5-19(17)27-20/h2-12,26H,1H3. The zero-order valence-corrected chi connectivity index (χ0v) is 15.8. The highest BCUT2D eigenvalue weighted by Crippen LogP contribution is 2.45. The molecule has 0 aromatic heterocycles. The van der Waals surface area contributed by atoms with Crippen LogP contribution in [-0.4, -0.2) is 0 Å². The van der Waals surface area contributed by atoms with E-state index in [-0.39, 0.29) is 10.9 Å². The Kier molecular flexibility index (Phi) is 4.60. The molecule has 1 atom stereocenters. The van der Waals surface area contributed by atoms with E-state index in [0.717, 1.165) is 33.5 Å². The summed E-state index contributed by atoms with van der Waals surface area (Å²) in [4.78, 5) is 2.29. The summed E-state index contributed by atoms with van der Waals surface area (Å²) in [6, 6.07) is 18.1. The number of rotatable bonds is 2. The van der Waals surface area contributed by atoms with Crippen molar-refractivity contribution in [3.63, 3.8) is 0 Å². The second-order valence-corrected chi connectivity index (χ2v) is 7.93. The number of nitrogens with one attached hydrogen (secondary N) is 1. The quantitative estimate of drug-likeness (QED) is 0.366. The Bertz CT molecular complexity index is 1020. The first-order chi connectivity index (χ1) is 12.8. The Balaban J connectivity index is 1.64. The molecule has 1 N–H and O–H groups in total. The SMILES string of the molecule is CC(c1ccc(C(F)(F)F)c(Cl)c1)c1ccc2c(c1)Nc1ccccc1S2. The van der Waals surface area contributed by atoms with Crippen molar-refractivity contribution in [2.75, 3.05) is 5.32 Å². The predicted molar refractivity (Wildman–Crippen MR) is 104 cm³/mol. The third-order valence-corrected chi connectivity index (χ3v) is 6.14. The molecule has 0 saturated carbocycles. The molecule has 6 heteroatoms. The Hall–Kier alpha value is -2.11. The maximum Gasteiger partial charge on any atom is 0.417 e. The van der Waals surface area contributed by atoms with Crippen LogP contribution in [0.1, 0.15) is 29.5 Å². The molecule has 138 valence electrons. The van der Waals surface area contributed by atoms with Gasteiger partial charge in [0.25, 0.3) is 0 Å². The molecule has 1 aliphatic rings. The molecule has 1 unspecified atom stereocenters. The van der Waals surface area contributed by atoms with Gasteiger partial charge in [0.2, 0.25) is 0 Å². The van der Waals surface area contributed by atoms with Crippen molar-refractivity contribution < 1.29 is 13.2 Å². The van der Waals surface area contributed by atoms with Crippen LogP contribution >= 0.6 is 23.4 Å². The normalized spacial score (nSPS) is 14.1. The van der Waals surface area contributed by atoms with Gasteiger partial charge in [0.1, 0.15) is 0 Å². The van der Waals surface area contributed by atoms with Crippen LogP contribution in [0.4, 0.5) is 24.5 Å². The Morgan fingerprint density at radius 3 is 2.30 bits per heavy atom. The Morgan fingerprint density at radius 1 is 0.889 bits per heavy atom. The molecule has 0 fully saturated rings. The monoisotopic (exact) mass is 405 g/mol. The fourth-order valence-corrected chi connectivity index (χ4v) is 4.41. The molecule has 0 radical (unpaired) electrons. The van der Waals surface area contributed by atoms with Crippen molar-refractivity contribution in [2.24, 2.45) is 0 Å². The minimum atomic E-state index is -4.45. The van der Waals surface area contributed by atoms with Crippen molar-refractivity contribution in [3.05, 3.63) is 82.4 Å². The van der Waals surface area contributed by atoms with E-state index >= 15 is 0 Å². The van der Waals surface area contributed by atoms with E-state index in [9.17, 15) is 13.2 Å². The first-order valence-electron chi connectivity index (χ1n) is 8.37. The molecule has 1 nitrogen and oxygen atoms in total. The Morgan fingerprint density at radius 2 is 1.56 bits per heavy atom. The zero-order valence-electron chi connectivity index (χ0n) is 14.3. The lowest BCUT2D eigenvalue weighted by atomic mass is 9.92. The van der Waals surface area contributed by atoms with Gasteiger partial charge in [0.05, 0.1) is 22.0 Å². The predicted octanol–water partition coefficient (Wildman–Crippen LogP) is 7.72. The highest BCUT2D eigenvalue weighted by atomic mass is 35.5. The molecular weight excluding hydrogens is 391 g/mol. The molecule has 0 amide bonds. The number of halogens is 4. The first kappa shape index (κ1) is 18.3. The molecule has 3 aromatic rings. The van der Waals surface area contributed by atoms with Crippen molar-refractivity contribution in [2.45, 2.75) is 28.8 Å². The van der Waals surface area contributed by atoms with Crippen LogP contribution in [0.2, 0.25) is 5.02 Å². The number of para-hydroxylation sites is 1. The van der Waals surface area contributed by atoms with Crippen LogP contribution in [0.25, 0.3) is 0 Å². The summed E-state index contributed by atoms with van der Waals surface area (Å²) in [7, 11) is 0. The molecule has 0 aliphatic carbocycles. The molecule has 4 rings (SSSR count). The molecule has 3 aromatic carbocycles. The lowest BCUT2D eigenvalue weighted by Gasteiger charge is -2.23. The van der Waals surface area contributed by atoms with Gasteiger partial charge in [0.15, 0.2) is 0 Å². The number of anilines is 2. The molecule has 1 aliphatic heterocycles. The van der Waals surface area contributed by atoms with Crippen LogP contribution in [0.3, 0.4) is 0 Å². The first-order valence-corrected chi connectivity index (χ1v) is 9.57. The van der Waals surface area contributed by atoms with Crippen LogP contribution in [0, 0.1) is 0 Å². The summed E-state index contributed by atoms with van der Waals surface area (Å²) in [6.45, 7) is 1.96. The maximum atomic E-state index is 12.9. The van der Waals surface area contributed by atoms with Crippen molar-refractivity contribution in [3.8, 4) is 0 Å². The lowest BCUT2D eigenvalue weighted by molar-refractivity contribution is -0.137. The molecule has 0 spiro atoms. The minimum Gasteiger partial charge on any atom is -0.354 e. The van der Waals surface area contributed by atoms with Crippen LogP contribution < -0.4 is 5.32 Å². The van der Waals surface area contributed by atoms with E-state index in [1.54, 1.807) is 11.8 Å². The molecule has 27 heavy (non-hydrogen) atoms. The van der Waals surface area contributed by atoms with E-state index < -0.39 is 11.7 Å². The van der Waals surface area contributed by atoms with Gasteiger partial charge in [-0.2, -0.15) is 13.2 Å². The highest BCUT2D eigenvalue weighted by Gasteiger charge is 2.33. The highest BCUT2D eigenvalue weighted by molar-refractivity contribution is 7.99. The number of hydrogen-bond acceptors (Lipinski definition) is 2. The number of alkyl halides is 3. The molecular formula is C21H15ClF3NS. The van der Waals surface area contributed by atoms with E-state index in [2.05, 4.69) is 17.4 Å². The largest absolute Gasteiger partial charge is 0.417 e. The van der Waals surface area contributed by atoms with E-state index in [1.165, 1.54) is 17.0 Å². The van der Waals surface area contributed by atoms with Gasteiger partial charge in [-0.05, 0) is 47.5 Å². The fourth-order valence-electron chi connectivity index (χ4n) is 3.15. The van der Waals surface area contributed by atoms with Gasteiger partial charge in [-0.25, -0.2) is 0 Å². The second kappa shape index (κ2) is 6.80. The molecule has 0 saturated heterocycles. The third-order valence-electron chi connectivity index (χ3n) is 4.68. The molecule has 1 heterocycles. The van der Waals surface area contributed by atoms with Crippen molar-refractivity contribution >= 4 is 34.7 Å². The van der Waals surface area contributed by atoms with Crippen molar-refractivity contribution in [1.29, 1.82) is 0 Å².